The van der Waals surface area contributed by atoms with Crippen LogP contribution in [0.1, 0.15) is 44.5 Å². The molecule has 1 heterocycles. The van der Waals surface area contributed by atoms with Gasteiger partial charge in [0.25, 0.3) is 6.47 Å². The Hall–Kier alpha value is -3.03. The van der Waals surface area contributed by atoms with Gasteiger partial charge in [-0.15, -0.1) is 0 Å². The number of carbonyl (C=O) groups is 3. The van der Waals surface area contributed by atoms with Crippen molar-refractivity contribution >= 4 is 18.2 Å². The van der Waals surface area contributed by atoms with Crippen LogP contribution in [0.15, 0.2) is 54.6 Å². The zero-order valence-corrected chi connectivity index (χ0v) is 18.6. The molecule has 1 aliphatic heterocycles. The van der Waals surface area contributed by atoms with E-state index in [0.717, 1.165) is 11.1 Å². The van der Waals surface area contributed by atoms with Gasteiger partial charge in [-0.2, -0.15) is 0 Å². The van der Waals surface area contributed by atoms with Crippen LogP contribution in [0.2, 0.25) is 0 Å². The molecule has 7 nitrogen and oxygen atoms in total. The molecule has 7 heteroatoms. The van der Waals surface area contributed by atoms with E-state index < -0.39 is 36.2 Å². The largest absolute Gasteiger partial charge is 0.461 e. The molecule has 0 spiro atoms. The van der Waals surface area contributed by atoms with Crippen molar-refractivity contribution in [1.82, 2.24) is 0 Å². The Labute approximate surface area is 187 Å². The molecule has 1 aliphatic rings. The Kier molecular flexibility index (Phi) is 7.43. The van der Waals surface area contributed by atoms with Gasteiger partial charge in [0.15, 0.2) is 17.7 Å². The topological polar surface area (TPSA) is 88.1 Å². The van der Waals surface area contributed by atoms with E-state index in [1.54, 1.807) is 32.9 Å². The van der Waals surface area contributed by atoms with Gasteiger partial charge in [0.05, 0.1) is 6.10 Å². The summed E-state index contributed by atoms with van der Waals surface area (Å²) < 4.78 is 22.3. The molecule has 170 valence electrons. The van der Waals surface area contributed by atoms with Crippen LogP contribution in [0.4, 0.5) is 0 Å². The summed E-state index contributed by atoms with van der Waals surface area (Å²) >= 11 is 0. The molecule has 2 aromatic carbocycles. The lowest BCUT2D eigenvalue weighted by atomic mass is 9.96. The van der Waals surface area contributed by atoms with Gasteiger partial charge < -0.3 is 18.9 Å². The highest BCUT2D eigenvalue weighted by molar-refractivity contribution is 5.96. The fraction of sp³-hybridized carbons (Fsp3) is 0.400. The summed E-state index contributed by atoms with van der Waals surface area (Å²) in [5.41, 5.74) is 2.61. The van der Waals surface area contributed by atoms with E-state index in [-0.39, 0.29) is 18.7 Å². The highest BCUT2D eigenvalue weighted by Crippen LogP contribution is 2.35. The van der Waals surface area contributed by atoms with E-state index in [0.29, 0.717) is 5.56 Å². The number of carbonyl (C=O) groups excluding carboxylic acids is 3. The van der Waals surface area contributed by atoms with Gasteiger partial charge in [-0.05, 0) is 31.9 Å². The first-order valence-electron chi connectivity index (χ1n) is 10.5. The van der Waals surface area contributed by atoms with Crippen LogP contribution in [0.25, 0.3) is 11.1 Å². The molecule has 32 heavy (non-hydrogen) atoms. The Morgan fingerprint density at radius 3 is 2.25 bits per heavy atom. The predicted molar refractivity (Wildman–Crippen MR) is 117 cm³/mol. The van der Waals surface area contributed by atoms with E-state index in [1.807, 2.05) is 42.5 Å². The van der Waals surface area contributed by atoms with Gasteiger partial charge in [-0.25, -0.2) is 0 Å². The highest BCUT2D eigenvalue weighted by Gasteiger charge is 2.49. The molecular formula is C25H28O7. The lowest BCUT2D eigenvalue weighted by Gasteiger charge is -2.29. The summed E-state index contributed by atoms with van der Waals surface area (Å²) in [6, 6.07) is 17.2. The van der Waals surface area contributed by atoms with Crippen molar-refractivity contribution < 1.29 is 33.3 Å². The first kappa shape index (κ1) is 23.6. The Bertz CT molecular complexity index is 937. The number of Topliss-reactive ketones (excluding diaryl/α,β-unsaturated/α-hetero) is 1. The second-order valence-corrected chi connectivity index (χ2v) is 8.22. The predicted octanol–water partition coefficient (Wildman–Crippen LogP) is 3.94. The van der Waals surface area contributed by atoms with Crippen molar-refractivity contribution in [1.29, 1.82) is 0 Å². The summed E-state index contributed by atoms with van der Waals surface area (Å²) in [4.78, 5) is 35.5. The number of hydrogen-bond acceptors (Lipinski definition) is 7. The number of hydrogen-bond donors (Lipinski definition) is 0. The minimum Gasteiger partial charge on any atom is -0.461 e. The van der Waals surface area contributed by atoms with Crippen molar-refractivity contribution in [3.05, 3.63) is 60.2 Å². The third-order valence-electron chi connectivity index (χ3n) is 5.28. The van der Waals surface area contributed by atoms with Crippen molar-refractivity contribution in [2.24, 2.45) is 0 Å². The number of ketones is 1. The van der Waals surface area contributed by atoms with Crippen LogP contribution in [0, 0.1) is 0 Å². The van der Waals surface area contributed by atoms with Crippen LogP contribution in [-0.2, 0) is 28.5 Å². The Balaban J connectivity index is 1.77. The monoisotopic (exact) mass is 440 g/mol. The summed E-state index contributed by atoms with van der Waals surface area (Å²) in [5.74, 6) is -1.68. The molecule has 4 atom stereocenters. The average Bonchev–Trinajstić information content (AvgIpc) is 3.06. The lowest BCUT2D eigenvalue weighted by molar-refractivity contribution is -0.183. The van der Waals surface area contributed by atoms with E-state index in [2.05, 4.69) is 0 Å². The number of ether oxygens (including phenoxy) is 4. The quantitative estimate of drug-likeness (QED) is 0.331. The molecule has 1 saturated heterocycles. The second kappa shape index (κ2) is 10.1. The number of rotatable bonds is 9. The van der Waals surface area contributed by atoms with Crippen LogP contribution in [0.5, 0.6) is 0 Å². The van der Waals surface area contributed by atoms with Crippen molar-refractivity contribution in [3.63, 3.8) is 0 Å². The van der Waals surface area contributed by atoms with Crippen molar-refractivity contribution in [3.8, 4) is 11.1 Å². The molecule has 0 aliphatic carbocycles. The van der Waals surface area contributed by atoms with E-state index in [4.69, 9.17) is 18.9 Å². The maximum Gasteiger partial charge on any atom is 0.303 e. The normalized spacial score (nSPS) is 21.4. The maximum atomic E-state index is 13.0. The summed E-state index contributed by atoms with van der Waals surface area (Å²) in [6.07, 6.45) is -3.14. The molecule has 0 aromatic heterocycles. The zero-order valence-electron chi connectivity index (χ0n) is 18.6. The third kappa shape index (κ3) is 5.81. The van der Waals surface area contributed by atoms with E-state index >= 15 is 0 Å². The first-order valence-corrected chi connectivity index (χ1v) is 10.5. The molecule has 0 N–H and O–H groups in total. The molecule has 0 amide bonds. The highest BCUT2D eigenvalue weighted by atomic mass is 16.8. The fourth-order valence-corrected chi connectivity index (χ4v) is 3.87. The lowest BCUT2D eigenvalue weighted by Crippen LogP contribution is -2.46. The third-order valence-corrected chi connectivity index (χ3v) is 5.28. The van der Waals surface area contributed by atoms with Crippen molar-refractivity contribution in [2.75, 3.05) is 0 Å². The van der Waals surface area contributed by atoms with Crippen LogP contribution >= 0.6 is 0 Å². The van der Waals surface area contributed by atoms with Gasteiger partial charge in [-0.3, -0.25) is 14.4 Å². The molecule has 3 rings (SSSR count). The van der Waals surface area contributed by atoms with Crippen LogP contribution < -0.4 is 0 Å². The van der Waals surface area contributed by atoms with Gasteiger partial charge in [0.1, 0.15) is 12.2 Å². The Morgan fingerprint density at radius 2 is 1.66 bits per heavy atom. The molecule has 2 aromatic rings. The van der Waals surface area contributed by atoms with Crippen molar-refractivity contribution in [2.45, 2.75) is 64.3 Å². The second-order valence-electron chi connectivity index (χ2n) is 8.22. The van der Waals surface area contributed by atoms with E-state index in [9.17, 15) is 14.4 Å². The van der Waals surface area contributed by atoms with Gasteiger partial charge in [0.2, 0.25) is 0 Å². The zero-order chi connectivity index (χ0) is 23.3. The molecule has 0 bridgehead atoms. The van der Waals surface area contributed by atoms with Gasteiger partial charge in [0, 0.05) is 18.9 Å². The molecule has 0 saturated carbocycles. The molecular weight excluding hydrogens is 412 g/mol. The minimum absolute atomic E-state index is 0.0182. The van der Waals surface area contributed by atoms with Gasteiger partial charge in [-0.1, -0.05) is 54.6 Å². The maximum absolute atomic E-state index is 13.0. The van der Waals surface area contributed by atoms with Gasteiger partial charge >= 0.3 is 5.97 Å². The standard InChI is InChI=1S/C25H28O7/c1-16(29-15-26)23(30-17(2)27)24-22(31-25(3,4)32-24)14-21(28)20-12-10-19(11-13-20)18-8-6-5-7-9-18/h5-13,15-16,22-24H,14H2,1-4H3/t16-,22-,23-,24-/m1/s1. The number of benzene rings is 2. The van der Waals surface area contributed by atoms with Crippen LogP contribution in [0.3, 0.4) is 0 Å². The molecule has 0 radical (unpaired) electrons. The molecule has 1 fully saturated rings. The van der Waals surface area contributed by atoms with E-state index in [1.165, 1.54) is 6.92 Å². The average molecular weight is 440 g/mol. The smallest absolute Gasteiger partial charge is 0.303 e. The fourth-order valence-electron chi connectivity index (χ4n) is 3.87. The first-order chi connectivity index (χ1) is 15.2. The van der Waals surface area contributed by atoms with Crippen LogP contribution in [-0.4, -0.2) is 48.4 Å². The molecule has 0 unspecified atom stereocenters. The summed E-state index contributed by atoms with van der Waals surface area (Å²) in [5, 5.41) is 0. The SMILES string of the molecule is CC(=O)O[C@@H]([C@@H]1OC(C)(C)O[C@@H]1CC(=O)c1ccc(-c2ccccc2)cc1)[C@@H](C)OC=O. The summed E-state index contributed by atoms with van der Waals surface area (Å²) in [7, 11) is 0. The number of esters is 1. The minimum atomic E-state index is -0.994. The Morgan fingerprint density at radius 1 is 1.03 bits per heavy atom. The summed E-state index contributed by atoms with van der Waals surface area (Å²) in [6.45, 7) is 6.58.